The summed E-state index contributed by atoms with van der Waals surface area (Å²) in [6.45, 7) is 4.38. The van der Waals surface area contributed by atoms with Crippen molar-refractivity contribution in [2.24, 2.45) is 0 Å². The van der Waals surface area contributed by atoms with Crippen LogP contribution in [0.4, 0.5) is 0 Å². The molecule has 14 heavy (non-hydrogen) atoms. The van der Waals surface area contributed by atoms with Crippen molar-refractivity contribution in [2.45, 2.75) is 26.3 Å². The molecule has 84 valence electrons. The van der Waals surface area contributed by atoms with Crippen LogP contribution in [0.15, 0.2) is 0 Å². The topological polar surface area (TPSA) is 55.4 Å². The number of carbonyl (C=O) groups excluding carboxylic acids is 1. The molecular weight excluding hydrogens is 202 g/mol. The molecule has 0 fully saturated rings. The minimum atomic E-state index is -0.760. The summed E-state index contributed by atoms with van der Waals surface area (Å²) in [5.41, 5.74) is 0. The van der Waals surface area contributed by atoms with Crippen LogP contribution >= 0.6 is 0 Å². The van der Waals surface area contributed by atoms with Crippen LogP contribution in [0.3, 0.4) is 0 Å². The van der Waals surface area contributed by atoms with Gasteiger partial charge in [-0.3, -0.25) is 9.00 Å². The van der Waals surface area contributed by atoms with Crippen LogP contribution in [0.2, 0.25) is 0 Å². The lowest BCUT2D eigenvalue weighted by Gasteiger charge is -2.11. The van der Waals surface area contributed by atoms with Gasteiger partial charge in [0, 0.05) is 28.9 Å². The third-order valence-electron chi connectivity index (χ3n) is 1.74. The molecule has 0 aromatic heterocycles. The second-order valence-corrected chi connectivity index (χ2v) is 4.71. The highest BCUT2D eigenvalue weighted by molar-refractivity contribution is 7.84. The minimum Gasteiger partial charge on any atom is -0.465 e. The van der Waals surface area contributed by atoms with Crippen LogP contribution in [0.1, 0.15) is 20.3 Å². The number of carbonyl (C=O) groups is 1. The molecule has 0 aromatic rings. The van der Waals surface area contributed by atoms with E-state index in [-0.39, 0.29) is 18.6 Å². The molecular formula is C9H19NO3S. The van der Waals surface area contributed by atoms with Crippen molar-refractivity contribution >= 4 is 16.8 Å². The van der Waals surface area contributed by atoms with E-state index < -0.39 is 10.8 Å². The fourth-order valence-electron chi connectivity index (χ4n) is 0.914. The molecule has 0 saturated heterocycles. The molecule has 0 saturated carbocycles. The summed E-state index contributed by atoms with van der Waals surface area (Å²) in [5, 5.41) is 3.01. The highest BCUT2D eigenvalue weighted by Gasteiger charge is 2.06. The van der Waals surface area contributed by atoms with Crippen molar-refractivity contribution in [3.63, 3.8) is 0 Å². The summed E-state index contributed by atoms with van der Waals surface area (Å²) < 4.78 is 15.5. The molecule has 1 N–H and O–H groups in total. The molecule has 2 atom stereocenters. The second-order valence-electron chi connectivity index (χ2n) is 3.15. The van der Waals surface area contributed by atoms with Crippen LogP contribution in [-0.2, 0) is 20.3 Å². The summed E-state index contributed by atoms with van der Waals surface area (Å²) in [6, 6.07) is 0.198. The molecule has 0 aliphatic heterocycles. The van der Waals surface area contributed by atoms with Crippen LogP contribution in [0.5, 0.6) is 0 Å². The van der Waals surface area contributed by atoms with E-state index in [9.17, 15) is 9.00 Å². The Balaban J connectivity index is 3.48. The number of hydrogen-bond donors (Lipinski definition) is 1. The van der Waals surface area contributed by atoms with Gasteiger partial charge in [0.1, 0.15) is 0 Å². The van der Waals surface area contributed by atoms with Crippen LogP contribution in [-0.4, -0.2) is 41.4 Å². The Hall–Kier alpha value is -0.420. The molecule has 4 nitrogen and oxygen atoms in total. The van der Waals surface area contributed by atoms with Gasteiger partial charge in [-0.1, -0.05) is 0 Å². The quantitative estimate of drug-likeness (QED) is 0.628. The zero-order valence-corrected chi connectivity index (χ0v) is 9.86. The Labute approximate surface area is 87.9 Å². The van der Waals surface area contributed by atoms with Crippen molar-refractivity contribution < 1.29 is 13.7 Å². The Morgan fingerprint density at radius 3 is 2.71 bits per heavy atom. The van der Waals surface area contributed by atoms with Crippen molar-refractivity contribution in [3.8, 4) is 0 Å². The van der Waals surface area contributed by atoms with Gasteiger partial charge in [0.2, 0.25) is 0 Å². The van der Waals surface area contributed by atoms with Crippen molar-refractivity contribution in [1.82, 2.24) is 5.32 Å². The summed E-state index contributed by atoms with van der Waals surface area (Å²) >= 11 is 0. The van der Waals surface area contributed by atoms with Crippen molar-refractivity contribution in [3.05, 3.63) is 0 Å². The van der Waals surface area contributed by atoms with Gasteiger partial charge in [0.25, 0.3) is 0 Å². The van der Waals surface area contributed by atoms with Gasteiger partial charge < -0.3 is 10.1 Å². The van der Waals surface area contributed by atoms with E-state index in [0.717, 1.165) is 6.42 Å². The number of nitrogens with one attached hydrogen (secondary N) is 1. The fraction of sp³-hybridized carbons (Fsp3) is 0.889. The molecule has 0 bridgehead atoms. The van der Waals surface area contributed by atoms with Gasteiger partial charge >= 0.3 is 5.97 Å². The predicted octanol–water partition coefficient (Wildman–Crippen LogP) is 0.296. The number of esters is 1. The Kier molecular flexibility index (Phi) is 7.70. The molecule has 0 aliphatic carbocycles. The van der Waals surface area contributed by atoms with Crippen LogP contribution in [0.25, 0.3) is 0 Å². The first kappa shape index (κ1) is 13.6. The van der Waals surface area contributed by atoms with Crippen molar-refractivity contribution in [2.75, 3.05) is 25.2 Å². The van der Waals surface area contributed by atoms with Crippen LogP contribution < -0.4 is 5.32 Å². The molecule has 0 heterocycles. The van der Waals surface area contributed by atoms with E-state index in [2.05, 4.69) is 5.32 Å². The zero-order valence-electron chi connectivity index (χ0n) is 9.04. The van der Waals surface area contributed by atoms with E-state index in [0.29, 0.717) is 12.4 Å². The Morgan fingerprint density at radius 1 is 1.57 bits per heavy atom. The maximum atomic E-state index is 10.9. The highest BCUT2D eigenvalue weighted by Crippen LogP contribution is 1.92. The summed E-state index contributed by atoms with van der Waals surface area (Å²) in [6.07, 6.45) is 2.49. The number of rotatable bonds is 7. The standard InChI is InChI=1S/C9H19NO3S/c1-4-13-9(11)7-10-8(2)5-6-14(3)12/h8,10H,4-7H2,1-3H3. The van der Waals surface area contributed by atoms with E-state index in [1.807, 2.05) is 6.92 Å². The Bertz CT molecular complexity index is 196. The molecule has 5 heteroatoms. The van der Waals surface area contributed by atoms with Gasteiger partial charge in [-0.05, 0) is 20.3 Å². The fourth-order valence-corrected chi connectivity index (χ4v) is 1.60. The summed E-state index contributed by atoms with van der Waals surface area (Å²) in [5.74, 6) is 0.425. The molecule has 0 aliphatic rings. The second kappa shape index (κ2) is 7.94. The van der Waals surface area contributed by atoms with E-state index in [4.69, 9.17) is 4.74 Å². The molecule has 0 radical (unpaired) electrons. The monoisotopic (exact) mass is 221 g/mol. The van der Waals surface area contributed by atoms with Gasteiger partial charge in [0.15, 0.2) is 0 Å². The molecule has 0 rings (SSSR count). The molecule has 2 unspecified atom stereocenters. The van der Waals surface area contributed by atoms with Crippen molar-refractivity contribution in [1.29, 1.82) is 0 Å². The van der Waals surface area contributed by atoms with Gasteiger partial charge in [-0.2, -0.15) is 0 Å². The maximum Gasteiger partial charge on any atom is 0.319 e. The Morgan fingerprint density at radius 2 is 2.21 bits per heavy atom. The van der Waals surface area contributed by atoms with Gasteiger partial charge in [-0.25, -0.2) is 0 Å². The zero-order chi connectivity index (χ0) is 11.0. The number of ether oxygens (including phenoxy) is 1. The average molecular weight is 221 g/mol. The molecule has 0 amide bonds. The average Bonchev–Trinajstić information content (AvgIpc) is 2.12. The van der Waals surface area contributed by atoms with Gasteiger partial charge in [0.05, 0.1) is 13.2 Å². The molecule has 0 aromatic carbocycles. The van der Waals surface area contributed by atoms with E-state index in [1.54, 1.807) is 13.2 Å². The summed E-state index contributed by atoms with van der Waals surface area (Å²) in [7, 11) is -0.760. The van der Waals surface area contributed by atoms with E-state index in [1.165, 1.54) is 0 Å². The highest BCUT2D eigenvalue weighted by atomic mass is 32.2. The first-order valence-corrected chi connectivity index (χ1v) is 6.48. The third-order valence-corrected chi connectivity index (χ3v) is 2.55. The minimum absolute atomic E-state index is 0.198. The van der Waals surface area contributed by atoms with E-state index >= 15 is 0 Å². The predicted molar refractivity (Wildman–Crippen MR) is 57.6 cm³/mol. The van der Waals surface area contributed by atoms with Gasteiger partial charge in [-0.15, -0.1) is 0 Å². The third kappa shape index (κ3) is 8.19. The first-order chi connectivity index (χ1) is 6.56. The normalized spacial score (nSPS) is 14.8. The SMILES string of the molecule is CCOC(=O)CNC(C)CCS(C)=O. The van der Waals surface area contributed by atoms with Crippen LogP contribution in [0, 0.1) is 0 Å². The smallest absolute Gasteiger partial charge is 0.319 e. The lowest BCUT2D eigenvalue weighted by Crippen LogP contribution is -2.33. The first-order valence-electron chi connectivity index (χ1n) is 4.75. The lowest BCUT2D eigenvalue weighted by atomic mass is 10.2. The molecule has 0 spiro atoms. The summed E-state index contributed by atoms with van der Waals surface area (Å²) in [4.78, 5) is 10.9. The maximum absolute atomic E-state index is 10.9. The largest absolute Gasteiger partial charge is 0.465 e. The lowest BCUT2D eigenvalue weighted by molar-refractivity contribution is -0.142. The number of hydrogen-bond acceptors (Lipinski definition) is 4.